The zero-order valence-electron chi connectivity index (χ0n) is 9.84. The molecule has 0 fully saturated rings. The van der Waals surface area contributed by atoms with Gasteiger partial charge in [0.25, 0.3) is 0 Å². The molecule has 0 radical (unpaired) electrons. The van der Waals surface area contributed by atoms with Crippen LogP contribution < -0.4 is 0 Å². The molecule has 0 aliphatic heterocycles. The van der Waals surface area contributed by atoms with Crippen LogP contribution in [-0.2, 0) is 17.6 Å². The standard InChI is InChI=1S/C12H14N2O2S/c1-8(2)10(15)7-12-13-11(14-16-12)6-9-4-3-5-17-9/h3-5,8H,6-7H2,1-2H3. The molecule has 17 heavy (non-hydrogen) atoms. The third-order valence-corrected chi connectivity index (χ3v) is 3.27. The molecule has 0 aliphatic carbocycles. The molecule has 2 aromatic heterocycles. The number of carbonyl (C=O) groups is 1. The summed E-state index contributed by atoms with van der Waals surface area (Å²) >= 11 is 1.66. The van der Waals surface area contributed by atoms with Crippen molar-refractivity contribution in [2.45, 2.75) is 26.7 Å². The first-order valence-electron chi connectivity index (χ1n) is 5.51. The van der Waals surface area contributed by atoms with Crippen LogP contribution in [-0.4, -0.2) is 15.9 Å². The van der Waals surface area contributed by atoms with Crippen molar-refractivity contribution in [3.63, 3.8) is 0 Å². The minimum absolute atomic E-state index is 0.00245. The van der Waals surface area contributed by atoms with Crippen molar-refractivity contribution in [3.05, 3.63) is 34.1 Å². The first-order chi connectivity index (χ1) is 8.15. The number of Topliss-reactive ketones (excluding diaryl/α,β-unsaturated/α-hetero) is 1. The minimum Gasteiger partial charge on any atom is -0.339 e. The summed E-state index contributed by atoms with van der Waals surface area (Å²) in [5, 5.41) is 5.88. The van der Waals surface area contributed by atoms with E-state index in [1.807, 2.05) is 31.4 Å². The van der Waals surface area contributed by atoms with Crippen LogP contribution in [0, 0.1) is 5.92 Å². The van der Waals surface area contributed by atoms with Crippen molar-refractivity contribution >= 4 is 17.1 Å². The second-order valence-electron chi connectivity index (χ2n) is 4.16. The Balaban J connectivity index is 1.99. The highest BCUT2D eigenvalue weighted by Gasteiger charge is 2.14. The molecule has 0 aliphatic rings. The molecule has 0 bridgehead atoms. The molecule has 0 spiro atoms. The molecule has 0 saturated carbocycles. The summed E-state index contributed by atoms with van der Waals surface area (Å²) in [6, 6.07) is 4.02. The average Bonchev–Trinajstić information content (AvgIpc) is 2.91. The van der Waals surface area contributed by atoms with E-state index in [2.05, 4.69) is 10.1 Å². The van der Waals surface area contributed by atoms with Crippen molar-refractivity contribution < 1.29 is 9.32 Å². The van der Waals surface area contributed by atoms with Crippen molar-refractivity contribution in [2.75, 3.05) is 0 Å². The Morgan fingerprint density at radius 3 is 3.00 bits per heavy atom. The van der Waals surface area contributed by atoms with E-state index in [1.54, 1.807) is 11.3 Å². The van der Waals surface area contributed by atoms with E-state index in [1.165, 1.54) is 4.88 Å². The highest BCUT2D eigenvalue weighted by Crippen LogP contribution is 2.13. The SMILES string of the molecule is CC(C)C(=O)Cc1nc(Cc2cccs2)no1. The van der Waals surface area contributed by atoms with Crippen LogP contribution in [0.3, 0.4) is 0 Å². The third kappa shape index (κ3) is 3.23. The molecule has 0 aromatic carbocycles. The van der Waals surface area contributed by atoms with Gasteiger partial charge >= 0.3 is 0 Å². The fourth-order valence-electron chi connectivity index (χ4n) is 1.36. The lowest BCUT2D eigenvalue weighted by molar-refractivity contribution is -0.121. The lowest BCUT2D eigenvalue weighted by Crippen LogP contribution is -2.10. The van der Waals surface area contributed by atoms with E-state index in [0.29, 0.717) is 18.1 Å². The third-order valence-electron chi connectivity index (χ3n) is 2.39. The summed E-state index contributed by atoms with van der Waals surface area (Å²) in [5.74, 6) is 1.17. The van der Waals surface area contributed by atoms with Gasteiger partial charge in [0.2, 0.25) is 5.89 Å². The molecular formula is C12H14N2O2S. The van der Waals surface area contributed by atoms with E-state index < -0.39 is 0 Å². The first kappa shape index (κ1) is 12.0. The van der Waals surface area contributed by atoms with Crippen LogP contribution in [0.5, 0.6) is 0 Å². The van der Waals surface area contributed by atoms with Gasteiger partial charge in [0.15, 0.2) is 5.82 Å². The topological polar surface area (TPSA) is 56.0 Å². The van der Waals surface area contributed by atoms with E-state index >= 15 is 0 Å². The van der Waals surface area contributed by atoms with Gasteiger partial charge in [-0.3, -0.25) is 4.79 Å². The van der Waals surface area contributed by atoms with Crippen LogP contribution in [0.2, 0.25) is 0 Å². The van der Waals surface area contributed by atoms with Crippen LogP contribution >= 0.6 is 11.3 Å². The van der Waals surface area contributed by atoms with E-state index in [9.17, 15) is 4.79 Å². The van der Waals surface area contributed by atoms with Crippen LogP contribution in [0.4, 0.5) is 0 Å². The highest BCUT2D eigenvalue weighted by molar-refractivity contribution is 7.09. The number of rotatable bonds is 5. The molecule has 0 saturated heterocycles. The molecule has 0 N–H and O–H groups in total. The van der Waals surface area contributed by atoms with Gasteiger partial charge in [-0.2, -0.15) is 4.98 Å². The molecule has 2 heterocycles. The maximum atomic E-state index is 11.5. The lowest BCUT2D eigenvalue weighted by Gasteiger charge is -1.98. The zero-order valence-corrected chi connectivity index (χ0v) is 10.7. The Kier molecular flexibility index (Phi) is 3.68. The molecule has 4 nitrogen and oxygen atoms in total. The predicted molar refractivity (Wildman–Crippen MR) is 65.0 cm³/mol. The molecule has 5 heteroatoms. The van der Waals surface area contributed by atoms with Gasteiger partial charge in [-0.1, -0.05) is 25.1 Å². The Bertz CT molecular complexity index is 488. The molecule has 2 rings (SSSR count). The van der Waals surface area contributed by atoms with Gasteiger partial charge in [0.1, 0.15) is 5.78 Å². The second-order valence-corrected chi connectivity index (χ2v) is 5.19. The van der Waals surface area contributed by atoms with E-state index in [-0.39, 0.29) is 18.1 Å². The second kappa shape index (κ2) is 5.23. The smallest absolute Gasteiger partial charge is 0.234 e. The van der Waals surface area contributed by atoms with Gasteiger partial charge in [0.05, 0.1) is 6.42 Å². The Labute approximate surface area is 104 Å². The largest absolute Gasteiger partial charge is 0.339 e. The summed E-state index contributed by atoms with van der Waals surface area (Å²) < 4.78 is 5.06. The molecule has 0 unspecified atom stereocenters. The number of aromatic nitrogens is 2. The van der Waals surface area contributed by atoms with Gasteiger partial charge in [-0.15, -0.1) is 11.3 Å². The molecular weight excluding hydrogens is 236 g/mol. The van der Waals surface area contributed by atoms with Gasteiger partial charge in [0, 0.05) is 17.2 Å². The normalized spacial score (nSPS) is 11.0. The summed E-state index contributed by atoms with van der Waals surface area (Å²) in [5.41, 5.74) is 0. The van der Waals surface area contributed by atoms with Crippen LogP contribution in [0.1, 0.15) is 30.4 Å². The fraction of sp³-hybridized carbons (Fsp3) is 0.417. The summed E-state index contributed by atoms with van der Waals surface area (Å²) in [6.45, 7) is 3.73. The van der Waals surface area contributed by atoms with Crippen molar-refractivity contribution in [3.8, 4) is 0 Å². The number of carbonyl (C=O) groups excluding carboxylic acids is 1. The Morgan fingerprint density at radius 2 is 2.35 bits per heavy atom. The van der Waals surface area contributed by atoms with Crippen LogP contribution in [0.25, 0.3) is 0 Å². The van der Waals surface area contributed by atoms with Crippen molar-refractivity contribution in [2.24, 2.45) is 5.92 Å². The number of thiophene rings is 1. The number of ketones is 1. The fourth-order valence-corrected chi connectivity index (χ4v) is 2.06. The monoisotopic (exact) mass is 250 g/mol. The predicted octanol–water partition coefficient (Wildman–Crippen LogP) is 2.49. The Morgan fingerprint density at radius 1 is 1.53 bits per heavy atom. The number of hydrogen-bond acceptors (Lipinski definition) is 5. The summed E-state index contributed by atoms with van der Waals surface area (Å²) in [4.78, 5) is 16.9. The summed E-state index contributed by atoms with van der Waals surface area (Å²) in [7, 11) is 0. The molecule has 2 aromatic rings. The molecule has 0 amide bonds. The van der Waals surface area contributed by atoms with E-state index in [0.717, 1.165) is 0 Å². The van der Waals surface area contributed by atoms with Gasteiger partial charge in [-0.05, 0) is 11.4 Å². The number of hydrogen-bond donors (Lipinski definition) is 0. The first-order valence-corrected chi connectivity index (χ1v) is 6.39. The molecule has 90 valence electrons. The average molecular weight is 250 g/mol. The lowest BCUT2D eigenvalue weighted by atomic mass is 10.1. The highest BCUT2D eigenvalue weighted by atomic mass is 32.1. The Hall–Kier alpha value is -1.49. The maximum Gasteiger partial charge on any atom is 0.234 e. The van der Waals surface area contributed by atoms with E-state index in [4.69, 9.17) is 4.52 Å². The summed E-state index contributed by atoms with van der Waals surface area (Å²) in [6.07, 6.45) is 0.895. The quantitative estimate of drug-likeness (QED) is 0.818. The van der Waals surface area contributed by atoms with Gasteiger partial charge in [-0.25, -0.2) is 0 Å². The van der Waals surface area contributed by atoms with Crippen molar-refractivity contribution in [1.29, 1.82) is 0 Å². The molecule has 0 atom stereocenters. The maximum absolute atomic E-state index is 11.5. The minimum atomic E-state index is 0.00245. The van der Waals surface area contributed by atoms with Crippen LogP contribution in [0.15, 0.2) is 22.0 Å². The van der Waals surface area contributed by atoms with Gasteiger partial charge < -0.3 is 4.52 Å². The number of nitrogens with zero attached hydrogens (tertiary/aromatic N) is 2. The zero-order chi connectivity index (χ0) is 12.3. The van der Waals surface area contributed by atoms with Crippen molar-refractivity contribution in [1.82, 2.24) is 10.1 Å².